The van der Waals surface area contributed by atoms with E-state index in [9.17, 15) is 13.2 Å². The number of carbonyl (C=O) groups is 1. The molecule has 1 amide bonds. The Hall–Kier alpha value is -1.56. The second kappa shape index (κ2) is 9.22. The first-order valence-corrected chi connectivity index (χ1v) is 11.0. The highest BCUT2D eigenvalue weighted by atomic mass is 32.2. The molecule has 1 aromatic rings. The summed E-state index contributed by atoms with van der Waals surface area (Å²) < 4.78 is 25.5. The molecule has 0 bridgehead atoms. The molecule has 0 aliphatic heterocycles. The van der Waals surface area contributed by atoms with E-state index in [0.717, 1.165) is 18.4 Å². The molecule has 0 atom stereocenters. The molecule has 6 heteroatoms. The zero-order chi connectivity index (χ0) is 18.3. The number of sulfonamides is 1. The predicted molar refractivity (Wildman–Crippen MR) is 102 cm³/mol. The summed E-state index contributed by atoms with van der Waals surface area (Å²) in [7, 11) is -3.36. The van der Waals surface area contributed by atoms with Crippen LogP contribution in [0, 0.1) is 6.92 Å². The lowest BCUT2D eigenvalue weighted by Gasteiger charge is -2.23. The third-order valence-corrected chi connectivity index (χ3v) is 5.90. The van der Waals surface area contributed by atoms with Crippen molar-refractivity contribution in [1.82, 2.24) is 5.32 Å². The highest BCUT2D eigenvalue weighted by molar-refractivity contribution is 7.92. The summed E-state index contributed by atoms with van der Waals surface area (Å²) in [6, 6.07) is 7.70. The first kappa shape index (κ1) is 19.8. The second-order valence-corrected chi connectivity index (χ2v) is 8.94. The molecule has 0 radical (unpaired) electrons. The number of nitrogens with zero attached hydrogens (tertiary/aromatic N) is 1. The average Bonchev–Trinajstić information content (AvgIpc) is 2.80. The normalized spacial score (nSPS) is 16.2. The van der Waals surface area contributed by atoms with Crippen LogP contribution in [0.15, 0.2) is 24.3 Å². The van der Waals surface area contributed by atoms with E-state index in [4.69, 9.17) is 0 Å². The van der Waals surface area contributed by atoms with Crippen LogP contribution in [0.2, 0.25) is 0 Å². The number of carbonyl (C=O) groups excluding carboxylic acids is 1. The lowest BCUT2D eigenvalue weighted by Crippen LogP contribution is -2.35. The molecule has 1 saturated carbocycles. The molecule has 25 heavy (non-hydrogen) atoms. The molecule has 0 spiro atoms. The number of amides is 1. The van der Waals surface area contributed by atoms with Crippen LogP contribution in [-0.2, 0) is 14.8 Å². The van der Waals surface area contributed by atoms with Gasteiger partial charge in [0.2, 0.25) is 15.9 Å². The van der Waals surface area contributed by atoms with Crippen molar-refractivity contribution in [2.24, 2.45) is 0 Å². The van der Waals surface area contributed by atoms with Crippen molar-refractivity contribution >= 4 is 21.6 Å². The van der Waals surface area contributed by atoms with Crippen molar-refractivity contribution in [3.63, 3.8) is 0 Å². The van der Waals surface area contributed by atoms with Gasteiger partial charge in [-0.2, -0.15) is 0 Å². The average molecular weight is 367 g/mol. The minimum absolute atomic E-state index is 0.0317. The van der Waals surface area contributed by atoms with E-state index in [2.05, 4.69) is 5.32 Å². The Bertz CT molecular complexity index is 648. The number of nitrogens with one attached hydrogen (secondary N) is 1. The maximum Gasteiger partial charge on any atom is 0.232 e. The van der Waals surface area contributed by atoms with E-state index in [1.165, 1.54) is 36.2 Å². The van der Waals surface area contributed by atoms with Crippen LogP contribution in [0.4, 0.5) is 5.69 Å². The van der Waals surface area contributed by atoms with Crippen LogP contribution in [0.5, 0.6) is 0 Å². The monoisotopic (exact) mass is 366 g/mol. The molecule has 0 aromatic heterocycles. The van der Waals surface area contributed by atoms with E-state index in [1.807, 2.05) is 31.2 Å². The van der Waals surface area contributed by atoms with Crippen molar-refractivity contribution in [3.8, 4) is 0 Å². The van der Waals surface area contributed by atoms with E-state index in [-0.39, 0.29) is 11.9 Å². The van der Waals surface area contributed by atoms with Gasteiger partial charge in [-0.15, -0.1) is 0 Å². The third kappa shape index (κ3) is 6.69. The van der Waals surface area contributed by atoms with E-state index in [1.54, 1.807) is 0 Å². The SMILES string of the molecule is Cc1ccc(N(CCCC(=O)NC2CCCCCC2)S(C)(=O)=O)cc1. The van der Waals surface area contributed by atoms with Gasteiger partial charge in [0.05, 0.1) is 11.9 Å². The highest BCUT2D eigenvalue weighted by Gasteiger charge is 2.18. The summed E-state index contributed by atoms with van der Waals surface area (Å²) in [4.78, 5) is 12.2. The predicted octanol–water partition coefficient (Wildman–Crippen LogP) is 3.38. The molecule has 0 unspecified atom stereocenters. The Morgan fingerprint density at radius 1 is 1.12 bits per heavy atom. The highest BCUT2D eigenvalue weighted by Crippen LogP contribution is 2.19. The first-order valence-electron chi connectivity index (χ1n) is 9.20. The largest absolute Gasteiger partial charge is 0.353 e. The van der Waals surface area contributed by atoms with Crippen molar-refractivity contribution in [3.05, 3.63) is 29.8 Å². The standard InChI is InChI=1S/C19H30N2O3S/c1-16-11-13-18(14-12-16)21(25(2,23)24)15-7-10-19(22)20-17-8-5-3-4-6-9-17/h11-14,17H,3-10,15H2,1-2H3,(H,20,22). The number of hydrogen-bond acceptors (Lipinski definition) is 3. The van der Waals surface area contributed by atoms with Crippen LogP contribution in [0.25, 0.3) is 0 Å². The number of anilines is 1. The summed E-state index contributed by atoms with van der Waals surface area (Å²) in [5.41, 5.74) is 1.73. The smallest absolute Gasteiger partial charge is 0.232 e. The van der Waals surface area contributed by atoms with Crippen LogP contribution in [0.1, 0.15) is 56.9 Å². The van der Waals surface area contributed by atoms with E-state index in [0.29, 0.717) is 25.1 Å². The zero-order valence-electron chi connectivity index (χ0n) is 15.3. The van der Waals surface area contributed by atoms with Crippen LogP contribution >= 0.6 is 0 Å². The first-order chi connectivity index (χ1) is 11.9. The summed E-state index contributed by atoms with van der Waals surface area (Å²) >= 11 is 0. The van der Waals surface area contributed by atoms with Crippen molar-refractivity contribution in [2.45, 2.75) is 64.3 Å². The quantitative estimate of drug-likeness (QED) is 0.752. The van der Waals surface area contributed by atoms with Crippen molar-refractivity contribution < 1.29 is 13.2 Å². The minimum atomic E-state index is -3.36. The van der Waals surface area contributed by atoms with Gasteiger partial charge in [-0.25, -0.2) is 8.42 Å². The van der Waals surface area contributed by atoms with Crippen LogP contribution < -0.4 is 9.62 Å². The fourth-order valence-electron chi connectivity index (χ4n) is 3.30. The van der Waals surface area contributed by atoms with Gasteiger partial charge in [-0.3, -0.25) is 9.10 Å². The number of hydrogen-bond donors (Lipinski definition) is 1. The van der Waals surface area contributed by atoms with Gasteiger partial charge in [0.1, 0.15) is 0 Å². The second-order valence-electron chi connectivity index (χ2n) is 7.03. The maximum absolute atomic E-state index is 12.2. The summed E-state index contributed by atoms with van der Waals surface area (Å²) in [6.07, 6.45) is 9.07. The molecular weight excluding hydrogens is 336 g/mol. The fourth-order valence-corrected chi connectivity index (χ4v) is 4.27. The topological polar surface area (TPSA) is 66.5 Å². The third-order valence-electron chi connectivity index (χ3n) is 4.71. The van der Waals surface area contributed by atoms with Gasteiger partial charge in [-0.1, -0.05) is 43.4 Å². The van der Waals surface area contributed by atoms with Gasteiger partial charge in [-0.05, 0) is 38.3 Å². The molecule has 0 heterocycles. The molecular formula is C19H30N2O3S. The maximum atomic E-state index is 12.2. The molecule has 1 N–H and O–H groups in total. The molecule has 2 rings (SSSR count). The summed E-state index contributed by atoms with van der Waals surface area (Å²) in [6.45, 7) is 2.28. The van der Waals surface area contributed by atoms with Crippen molar-refractivity contribution in [1.29, 1.82) is 0 Å². The Balaban J connectivity index is 1.86. The molecule has 1 aromatic carbocycles. The lowest BCUT2D eigenvalue weighted by atomic mass is 10.1. The van der Waals surface area contributed by atoms with Gasteiger partial charge in [0, 0.05) is 19.0 Å². The van der Waals surface area contributed by atoms with Gasteiger partial charge < -0.3 is 5.32 Å². The molecule has 1 fully saturated rings. The van der Waals surface area contributed by atoms with E-state index >= 15 is 0 Å². The lowest BCUT2D eigenvalue weighted by molar-refractivity contribution is -0.121. The van der Waals surface area contributed by atoms with Crippen LogP contribution in [-0.4, -0.2) is 33.2 Å². The Kier molecular flexibility index (Phi) is 7.29. The van der Waals surface area contributed by atoms with Gasteiger partial charge in [0.15, 0.2) is 0 Å². The number of rotatable bonds is 7. The Labute approximate surface area is 151 Å². The Morgan fingerprint density at radius 2 is 1.72 bits per heavy atom. The molecule has 1 aliphatic carbocycles. The van der Waals surface area contributed by atoms with Crippen LogP contribution in [0.3, 0.4) is 0 Å². The fraction of sp³-hybridized carbons (Fsp3) is 0.632. The zero-order valence-corrected chi connectivity index (χ0v) is 16.1. The van der Waals surface area contributed by atoms with Crippen molar-refractivity contribution in [2.75, 3.05) is 17.1 Å². The number of aryl methyl sites for hydroxylation is 1. The molecule has 140 valence electrons. The van der Waals surface area contributed by atoms with E-state index < -0.39 is 10.0 Å². The molecule has 5 nitrogen and oxygen atoms in total. The Morgan fingerprint density at radius 3 is 2.28 bits per heavy atom. The van der Waals surface area contributed by atoms with Gasteiger partial charge in [0.25, 0.3) is 0 Å². The molecule has 0 saturated heterocycles. The summed E-state index contributed by atoms with van der Waals surface area (Å²) in [5.74, 6) is 0.0317. The minimum Gasteiger partial charge on any atom is -0.353 e. The summed E-state index contributed by atoms with van der Waals surface area (Å²) in [5, 5.41) is 3.11. The molecule has 1 aliphatic rings. The number of benzene rings is 1. The van der Waals surface area contributed by atoms with Gasteiger partial charge >= 0.3 is 0 Å².